The van der Waals surface area contributed by atoms with E-state index in [2.05, 4.69) is 50.4 Å². The third-order valence-electron chi connectivity index (χ3n) is 3.23. The first-order valence-electron chi connectivity index (χ1n) is 6.45. The quantitative estimate of drug-likeness (QED) is 0.865. The van der Waals surface area contributed by atoms with Crippen molar-refractivity contribution in [2.24, 2.45) is 0 Å². The van der Waals surface area contributed by atoms with Gasteiger partial charge in [-0.15, -0.1) is 0 Å². The van der Waals surface area contributed by atoms with Gasteiger partial charge in [-0.2, -0.15) is 0 Å². The van der Waals surface area contributed by atoms with E-state index in [0.717, 1.165) is 11.5 Å². The third kappa shape index (κ3) is 3.02. The molecule has 2 nitrogen and oxygen atoms in total. The van der Waals surface area contributed by atoms with E-state index in [0.29, 0.717) is 6.04 Å². The second kappa shape index (κ2) is 5.40. The number of hydrogen-bond acceptors (Lipinski definition) is 2. The fourth-order valence-electron chi connectivity index (χ4n) is 2.18. The van der Waals surface area contributed by atoms with Crippen LogP contribution in [0, 0.1) is 13.8 Å². The number of aryl methyl sites for hydroxylation is 2. The lowest BCUT2D eigenvalue weighted by Gasteiger charge is -2.19. The Morgan fingerprint density at radius 2 is 1.78 bits per heavy atom. The van der Waals surface area contributed by atoms with E-state index in [4.69, 9.17) is 4.42 Å². The maximum absolute atomic E-state index is 5.64. The normalized spacial score (nSPS) is 14.4. The Morgan fingerprint density at radius 3 is 2.39 bits per heavy atom. The third-order valence-corrected chi connectivity index (χ3v) is 3.23. The molecule has 2 atom stereocenters. The van der Waals surface area contributed by atoms with Crippen molar-refractivity contribution in [3.05, 3.63) is 59.0 Å². The predicted octanol–water partition coefficient (Wildman–Crippen LogP) is 4.31. The van der Waals surface area contributed by atoms with Gasteiger partial charge in [-0.25, -0.2) is 0 Å². The first kappa shape index (κ1) is 12.9. The lowest BCUT2D eigenvalue weighted by molar-refractivity contribution is 0.392. The van der Waals surface area contributed by atoms with Gasteiger partial charge in [0.2, 0.25) is 0 Å². The summed E-state index contributed by atoms with van der Waals surface area (Å²) in [7, 11) is 0. The van der Waals surface area contributed by atoms with Crippen LogP contribution in [0.5, 0.6) is 0 Å². The van der Waals surface area contributed by atoms with Crippen LogP contribution in [0.2, 0.25) is 0 Å². The first-order valence-corrected chi connectivity index (χ1v) is 6.45. The minimum absolute atomic E-state index is 0.217. The minimum atomic E-state index is 0.217. The van der Waals surface area contributed by atoms with Crippen LogP contribution in [0.15, 0.2) is 40.8 Å². The Labute approximate surface area is 109 Å². The molecule has 1 aromatic carbocycles. The Morgan fingerprint density at radius 1 is 1.00 bits per heavy atom. The SMILES string of the molecule is Cc1cccc([C@H](C)NC(C)c2ccc(C)o2)c1. The molecule has 96 valence electrons. The Kier molecular flexibility index (Phi) is 3.87. The van der Waals surface area contributed by atoms with Crippen LogP contribution in [-0.4, -0.2) is 0 Å². The van der Waals surface area contributed by atoms with Gasteiger partial charge in [0.15, 0.2) is 0 Å². The van der Waals surface area contributed by atoms with Crippen LogP contribution in [0.25, 0.3) is 0 Å². The number of nitrogens with one attached hydrogen (secondary N) is 1. The van der Waals surface area contributed by atoms with Crippen LogP contribution in [-0.2, 0) is 0 Å². The van der Waals surface area contributed by atoms with Gasteiger partial charge in [-0.1, -0.05) is 29.8 Å². The van der Waals surface area contributed by atoms with Crippen LogP contribution in [0.4, 0.5) is 0 Å². The van der Waals surface area contributed by atoms with Gasteiger partial charge in [-0.05, 0) is 45.4 Å². The molecular weight excluding hydrogens is 222 g/mol. The summed E-state index contributed by atoms with van der Waals surface area (Å²) in [6, 6.07) is 13.2. The van der Waals surface area contributed by atoms with Crippen molar-refractivity contribution in [1.82, 2.24) is 5.32 Å². The molecule has 2 aromatic rings. The zero-order valence-electron chi connectivity index (χ0n) is 11.5. The molecule has 2 rings (SSSR count). The van der Waals surface area contributed by atoms with Crippen molar-refractivity contribution < 1.29 is 4.42 Å². The molecule has 1 aromatic heterocycles. The summed E-state index contributed by atoms with van der Waals surface area (Å²) in [6.07, 6.45) is 0. The summed E-state index contributed by atoms with van der Waals surface area (Å²) < 4.78 is 5.64. The standard InChI is InChI=1S/C16H21NO/c1-11-6-5-7-15(10-11)13(3)17-14(4)16-9-8-12(2)18-16/h5-10,13-14,17H,1-4H3/t13-,14?/m0/s1. The molecule has 0 saturated carbocycles. The molecule has 1 heterocycles. The largest absolute Gasteiger partial charge is 0.465 e. The molecule has 0 saturated heterocycles. The van der Waals surface area contributed by atoms with E-state index in [9.17, 15) is 0 Å². The first-order chi connectivity index (χ1) is 8.56. The lowest BCUT2D eigenvalue weighted by atomic mass is 10.0. The van der Waals surface area contributed by atoms with Crippen molar-refractivity contribution in [1.29, 1.82) is 0 Å². The summed E-state index contributed by atoms with van der Waals surface area (Å²) in [5.74, 6) is 1.95. The van der Waals surface area contributed by atoms with E-state index in [-0.39, 0.29) is 6.04 Å². The molecule has 2 heteroatoms. The Bertz CT molecular complexity index is 515. The number of hydrogen-bond donors (Lipinski definition) is 1. The van der Waals surface area contributed by atoms with E-state index >= 15 is 0 Å². The highest BCUT2D eigenvalue weighted by atomic mass is 16.3. The van der Waals surface area contributed by atoms with Gasteiger partial charge in [-0.3, -0.25) is 0 Å². The van der Waals surface area contributed by atoms with Crippen molar-refractivity contribution in [3.8, 4) is 0 Å². The van der Waals surface area contributed by atoms with Crippen molar-refractivity contribution in [2.75, 3.05) is 0 Å². The summed E-state index contributed by atoms with van der Waals surface area (Å²) in [4.78, 5) is 0. The van der Waals surface area contributed by atoms with Gasteiger partial charge in [0.05, 0.1) is 6.04 Å². The highest BCUT2D eigenvalue weighted by Crippen LogP contribution is 2.21. The Hall–Kier alpha value is -1.54. The molecule has 1 N–H and O–H groups in total. The van der Waals surface area contributed by atoms with Gasteiger partial charge in [0.25, 0.3) is 0 Å². The van der Waals surface area contributed by atoms with Gasteiger partial charge >= 0.3 is 0 Å². The van der Waals surface area contributed by atoms with Crippen molar-refractivity contribution in [2.45, 2.75) is 39.8 Å². The zero-order valence-corrected chi connectivity index (χ0v) is 11.5. The summed E-state index contributed by atoms with van der Waals surface area (Å²) in [5.41, 5.74) is 2.60. The zero-order chi connectivity index (χ0) is 13.1. The topological polar surface area (TPSA) is 25.2 Å². The summed E-state index contributed by atoms with van der Waals surface area (Å²) in [6.45, 7) is 8.40. The predicted molar refractivity (Wildman–Crippen MR) is 74.6 cm³/mol. The molecule has 0 spiro atoms. The monoisotopic (exact) mass is 243 g/mol. The lowest BCUT2D eigenvalue weighted by Crippen LogP contribution is -2.22. The van der Waals surface area contributed by atoms with E-state index in [1.165, 1.54) is 11.1 Å². The molecular formula is C16H21NO. The number of benzene rings is 1. The summed E-state index contributed by atoms with van der Waals surface area (Å²) >= 11 is 0. The van der Waals surface area contributed by atoms with Crippen LogP contribution in [0.3, 0.4) is 0 Å². The highest BCUT2D eigenvalue weighted by molar-refractivity contribution is 5.25. The maximum atomic E-state index is 5.64. The van der Waals surface area contributed by atoms with Crippen molar-refractivity contribution >= 4 is 0 Å². The molecule has 0 aliphatic carbocycles. The second-order valence-electron chi connectivity index (χ2n) is 4.97. The average Bonchev–Trinajstić information content (AvgIpc) is 2.76. The van der Waals surface area contributed by atoms with Gasteiger partial charge in [0.1, 0.15) is 11.5 Å². The number of furan rings is 1. The number of rotatable bonds is 4. The van der Waals surface area contributed by atoms with Crippen LogP contribution < -0.4 is 5.32 Å². The fraction of sp³-hybridized carbons (Fsp3) is 0.375. The van der Waals surface area contributed by atoms with Gasteiger partial charge < -0.3 is 9.73 Å². The van der Waals surface area contributed by atoms with Crippen molar-refractivity contribution in [3.63, 3.8) is 0 Å². The van der Waals surface area contributed by atoms with Gasteiger partial charge in [0, 0.05) is 6.04 Å². The molecule has 0 aliphatic rings. The smallest absolute Gasteiger partial charge is 0.120 e. The van der Waals surface area contributed by atoms with E-state index < -0.39 is 0 Å². The molecule has 0 bridgehead atoms. The average molecular weight is 243 g/mol. The fourth-order valence-corrected chi connectivity index (χ4v) is 2.18. The van der Waals surface area contributed by atoms with Crippen LogP contribution in [0.1, 0.15) is 48.6 Å². The molecule has 0 aliphatic heterocycles. The molecule has 0 radical (unpaired) electrons. The highest BCUT2D eigenvalue weighted by Gasteiger charge is 2.13. The second-order valence-corrected chi connectivity index (χ2v) is 4.97. The molecule has 18 heavy (non-hydrogen) atoms. The maximum Gasteiger partial charge on any atom is 0.120 e. The summed E-state index contributed by atoms with van der Waals surface area (Å²) in [5, 5.41) is 3.56. The van der Waals surface area contributed by atoms with E-state index in [1.807, 2.05) is 19.1 Å². The van der Waals surface area contributed by atoms with Crippen LogP contribution >= 0.6 is 0 Å². The minimum Gasteiger partial charge on any atom is -0.465 e. The Balaban J connectivity index is 2.05. The van der Waals surface area contributed by atoms with E-state index in [1.54, 1.807) is 0 Å². The molecule has 0 amide bonds. The molecule has 1 unspecified atom stereocenters. The molecule has 0 fully saturated rings.